The van der Waals surface area contributed by atoms with Gasteiger partial charge in [-0.3, -0.25) is 9.36 Å². The molecule has 6 nitrogen and oxygen atoms in total. The Bertz CT molecular complexity index is 2710. The molecule has 55 heavy (non-hydrogen) atoms. The molecule has 1 aliphatic rings. The predicted molar refractivity (Wildman–Crippen MR) is 226 cm³/mol. The second-order valence-corrected chi connectivity index (χ2v) is 15.6. The largest absolute Gasteiger partial charge is 0.463 e. The zero-order chi connectivity index (χ0) is 38.1. The summed E-state index contributed by atoms with van der Waals surface area (Å²) in [4.78, 5) is 34.6. The third-order valence-corrected chi connectivity index (χ3v) is 11.3. The lowest BCUT2D eigenvalue weighted by Crippen LogP contribution is -2.40. The van der Waals surface area contributed by atoms with Gasteiger partial charge in [-0.2, -0.15) is 0 Å². The van der Waals surface area contributed by atoms with Gasteiger partial charge in [-0.15, -0.1) is 0 Å². The lowest BCUT2D eigenvalue weighted by Gasteiger charge is -2.26. The van der Waals surface area contributed by atoms with E-state index in [1.807, 2.05) is 97.1 Å². The Labute approximate surface area is 332 Å². The van der Waals surface area contributed by atoms with Crippen molar-refractivity contribution in [3.8, 4) is 28.2 Å². The number of benzene rings is 5. The van der Waals surface area contributed by atoms with Crippen LogP contribution in [0.15, 0.2) is 165 Å². The van der Waals surface area contributed by atoms with Gasteiger partial charge in [0.2, 0.25) is 0 Å². The van der Waals surface area contributed by atoms with Crippen molar-refractivity contribution in [2.24, 2.45) is 4.99 Å². The number of hydrogen-bond acceptors (Lipinski definition) is 5. The summed E-state index contributed by atoms with van der Waals surface area (Å²) in [5.41, 5.74) is 9.20. The van der Waals surface area contributed by atoms with E-state index < -0.39 is 12.0 Å². The van der Waals surface area contributed by atoms with Gasteiger partial charge in [0, 0.05) is 21.3 Å². The molecular weight excluding hydrogens is 767 g/mol. The third-order valence-electron chi connectivity index (χ3n) is 9.81. The van der Waals surface area contributed by atoms with E-state index in [0.29, 0.717) is 26.5 Å². The SMILES string of the molecule is CCOC(=O)C1=C(c2ccccc2)N=c2s/c(=C\c3cc(-c4ccccc4)n(-c4ccc(Br)cc4)c3-c3ccccc3)c(=O)n2[C@H]1c1ccc(C(C)C)cc1. The van der Waals surface area contributed by atoms with Gasteiger partial charge in [-0.1, -0.05) is 156 Å². The molecule has 1 aliphatic heterocycles. The van der Waals surface area contributed by atoms with E-state index in [1.165, 1.54) is 16.9 Å². The number of rotatable bonds is 9. The second-order valence-electron chi connectivity index (χ2n) is 13.6. The maximum Gasteiger partial charge on any atom is 0.338 e. The standard InChI is InChI=1S/C47H38BrN3O3S/c1-4-54-46(53)41-42(33-16-10-6-11-17-33)49-47-51(44(41)35-22-20-31(21-23-35)30(2)3)45(52)40(55-47)29-36-28-39(32-14-8-5-9-15-32)50(38-26-24-37(48)25-27-38)43(36)34-18-12-7-13-19-34/h5-30,44H,4H2,1-3H3/b40-29-/t44-/m0/s1. The Kier molecular flexibility index (Phi) is 10.2. The fourth-order valence-electron chi connectivity index (χ4n) is 7.17. The Hall–Kier alpha value is -5.83. The molecule has 3 heterocycles. The number of esters is 1. The maximum atomic E-state index is 15.0. The topological polar surface area (TPSA) is 65.6 Å². The minimum Gasteiger partial charge on any atom is -0.463 e. The molecule has 0 unspecified atom stereocenters. The number of ether oxygens (including phenoxy) is 1. The van der Waals surface area contributed by atoms with Gasteiger partial charge in [0.25, 0.3) is 5.56 Å². The minimum absolute atomic E-state index is 0.190. The Morgan fingerprint density at radius 2 is 1.42 bits per heavy atom. The van der Waals surface area contributed by atoms with Crippen molar-refractivity contribution in [3.05, 3.63) is 198 Å². The highest BCUT2D eigenvalue weighted by Crippen LogP contribution is 2.38. The highest BCUT2D eigenvalue weighted by molar-refractivity contribution is 9.10. The first-order valence-electron chi connectivity index (χ1n) is 18.3. The molecule has 0 saturated carbocycles. The van der Waals surface area contributed by atoms with Crippen LogP contribution in [0.2, 0.25) is 0 Å². The number of halogens is 1. The van der Waals surface area contributed by atoms with Crippen LogP contribution in [0, 0.1) is 0 Å². The lowest BCUT2D eigenvalue weighted by molar-refractivity contribution is -0.138. The number of carbonyl (C=O) groups is 1. The molecular formula is C47H38BrN3O3S. The van der Waals surface area contributed by atoms with E-state index in [-0.39, 0.29) is 12.2 Å². The molecule has 2 aromatic heterocycles. The summed E-state index contributed by atoms with van der Waals surface area (Å²) in [7, 11) is 0. The number of hydrogen-bond donors (Lipinski definition) is 0. The summed E-state index contributed by atoms with van der Waals surface area (Å²) in [6.45, 7) is 6.27. The third kappa shape index (κ3) is 6.99. The quantitative estimate of drug-likeness (QED) is 0.137. The molecule has 0 radical (unpaired) electrons. The number of carbonyl (C=O) groups excluding carboxylic acids is 1. The van der Waals surface area contributed by atoms with Crippen LogP contribution in [-0.4, -0.2) is 21.7 Å². The van der Waals surface area contributed by atoms with E-state index in [9.17, 15) is 9.59 Å². The molecule has 7 aromatic rings. The van der Waals surface area contributed by atoms with Crippen molar-refractivity contribution in [1.82, 2.24) is 9.13 Å². The van der Waals surface area contributed by atoms with Gasteiger partial charge in [0.05, 0.1) is 39.8 Å². The fourth-order valence-corrected chi connectivity index (χ4v) is 8.43. The summed E-state index contributed by atoms with van der Waals surface area (Å²) in [6, 6.07) is 48.0. The molecule has 0 saturated heterocycles. The van der Waals surface area contributed by atoms with Crippen molar-refractivity contribution in [2.75, 3.05) is 6.61 Å². The molecule has 272 valence electrons. The van der Waals surface area contributed by atoms with Crippen molar-refractivity contribution in [2.45, 2.75) is 32.7 Å². The number of aromatic nitrogens is 2. The predicted octanol–water partition coefficient (Wildman–Crippen LogP) is 9.95. The molecule has 0 spiro atoms. The monoisotopic (exact) mass is 803 g/mol. The van der Waals surface area contributed by atoms with Gasteiger partial charge in [0.1, 0.15) is 0 Å². The highest BCUT2D eigenvalue weighted by Gasteiger charge is 2.35. The lowest BCUT2D eigenvalue weighted by atomic mass is 9.91. The second kappa shape index (κ2) is 15.5. The fraction of sp³-hybridized carbons (Fsp3) is 0.128. The van der Waals surface area contributed by atoms with E-state index in [2.05, 4.69) is 88.9 Å². The van der Waals surface area contributed by atoms with Crippen molar-refractivity contribution < 1.29 is 9.53 Å². The average Bonchev–Trinajstić information content (AvgIpc) is 3.75. The minimum atomic E-state index is -0.755. The normalized spacial score (nSPS) is 14.2. The molecule has 0 aliphatic carbocycles. The molecule has 0 fully saturated rings. The van der Waals surface area contributed by atoms with Crippen LogP contribution in [-0.2, 0) is 9.53 Å². The summed E-state index contributed by atoms with van der Waals surface area (Å²) in [5.74, 6) is -0.178. The summed E-state index contributed by atoms with van der Waals surface area (Å²) in [5, 5.41) is 0. The van der Waals surface area contributed by atoms with Crippen LogP contribution in [0.4, 0.5) is 0 Å². The van der Waals surface area contributed by atoms with Crippen LogP contribution >= 0.6 is 27.3 Å². The van der Waals surface area contributed by atoms with E-state index in [4.69, 9.17) is 9.73 Å². The molecule has 5 aromatic carbocycles. The van der Waals surface area contributed by atoms with E-state index >= 15 is 0 Å². The van der Waals surface area contributed by atoms with Gasteiger partial charge in [-0.05, 0) is 71.5 Å². The van der Waals surface area contributed by atoms with E-state index in [0.717, 1.165) is 49.4 Å². The van der Waals surface area contributed by atoms with Crippen LogP contribution in [0.1, 0.15) is 55.0 Å². The molecule has 8 heteroatoms. The molecule has 8 rings (SSSR count). The van der Waals surface area contributed by atoms with Crippen molar-refractivity contribution in [3.63, 3.8) is 0 Å². The average molecular weight is 805 g/mol. The summed E-state index contributed by atoms with van der Waals surface area (Å²) in [6.07, 6.45) is 1.98. The first-order chi connectivity index (χ1) is 26.8. The van der Waals surface area contributed by atoms with Crippen LogP contribution in [0.5, 0.6) is 0 Å². The summed E-state index contributed by atoms with van der Waals surface area (Å²) >= 11 is 4.94. The van der Waals surface area contributed by atoms with Crippen LogP contribution in [0.25, 0.3) is 40.0 Å². The van der Waals surface area contributed by atoms with Crippen molar-refractivity contribution in [1.29, 1.82) is 0 Å². The Morgan fingerprint density at radius 1 is 0.818 bits per heavy atom. The first kappa shape index (κ1) is 36.2. The molecule has 0 N–H and O–H groups in total. The van der Waals surface area contributed by atoms with Gasteiger partial charge < -0.3 is 9.30 Å². The Morgan fingerprint density at radius 3 is 2.02 bits per heavy atom. The van der Waals surface area contributed by atoms with Crippen LogP contribution in [0.3, 0.4) is 0 Å². The Balaban J connectivity index is 1.42. The molecule has 1 atom stereocenters. The zero-order valence-corrected chi connectivity index (χ0v) is 33.1. The van der Waals surface area contributed by atoms with Gasteiger partial charge in [0.15, 0.2) is 4.80 Å². The molecule has 0 amide bonds. The summed E-state index contributed by atoms with van der Waals surface area (Å²) < 4.78 is 11.1. The van der Waals surface area contributed by atoms with E-state index in [1.54, 1.807) is 11.5 Å². The number of thiazole rings is 1. The maximum absolute atomic E-state index is 15.0. The highest BCUT2D eigenvalue weighted by atomic mass is 79.9. The van der Waals surface area contributed by atoms with Gasteiger partial charge >= 0.3 is 5.97 Å². The number of nitrogens with zero attached hydrogens (tertiary/aromatic N) is 3. The molecule has 0 bridgehead atoms. The van der Waals surface area contributed by atoms with Crippen LogP contribution < -0.4 is 14.9 Å². The van der Waals surface area contributed by atoms with Gasteiger partial charge in [-0.25, -0.2) is 9.79 Å². The smallest absolute Gasteiger partial charge is 0.338 e. The number of fused-ring (bicyclic) bond motifs is 1. The van der Waals surface area contributed by atoms with Crippen molar-refractivity contribution >= 4 is 45.0 Å². The zero-order valence-electron chi connectivity index (χ0n) is 30.6. The first-order valence-corrected chi connectivity index (χ1v) is 19.9.